The summed E-state index contributed by atoms with van der Waals surface area (Å²) in [4.78, 5) is 25.9. The summed E-state index contributed by atoms with van der Waals surface area (Å²) in [6, 6.07) is 0. The summed E-state index contributed by atoms with van der Waals surface area (Å²) in [7, 11) is 0. The van der Waals surface area contributed by atoms with E-state index in [9.17, 15) is 45.3 Å². The molecule has 422 valence electrons. The predicted octanol–water partition coefficient (Wildman–Crippen LogP) is 9.50. The minimum absolute atomic E-state index is 0.164. The highest BCUT2D eigenvalue weighted by atomic mass is 16.7. The summed E-state index contributed by atoms with van der Waals surface area (Å²) < 4.78 is 33.7. The van der Waals surface area contributed by atoms with Crippen LogP contribution in [0.25, 0.3) is 0 Å². The number of carbonyl (C=O) groups excluding carboxylic acids is 2. The van der Waals surface area contributed by atoms with Gasteiger partial charge in [-0.1, -0.05) is 179 Å². The monoisotopic (exact) mass is 1030 g/mol. The Balaban J connectivity index is 1.75. The normalized spacial score (nSPS) is 25.1. The van der Waals surface area contributed by atoms with Crippen molar-refractivity contribution in [2.24, 2.45) is 0 Å². The van der Waals surface area contributed by atoms with Gasteiger partial charge < -0.3 is 64.2 Å². The highest BCUT2D eigenvalue weighted by molar-refractivity contribution is 5.70. The molecule has 2 saturated heterocycles. The molecule has 15 nitrogen and oxygen atoms in total. The quantitative estimate of drug-likeness (QED) is 0.0171. The third kappa shape index (κ3) is 31.1. The molecule has 0 saturated carbocycles. The summed E-state index contributed by atoms with van der Waals surface area (Å²) in [6.45, 7) is 2.60. The van der Waals surface area contributed by atoms with E-state index in [1.807, 2.05) is 0 Å². The second kappa shape index (κ2) is 44.1. The van der Waals surface area contributed by atoms with Crippen molar-refractivity contribution in [3.05, 3.63) is 24.3 Å². The average Bonchev–Trinajstić information content (AvgIpc) is 3.37. The predicted molar refractivity (Wildman–Crippen MR) is 280 cm³/mol. The average molecular weight is 1030 g/mol. The van der Waals surface area contributed by atoms with Gasteiger partial charge >= 0.3 is 11.9 Å². The summed E-state index contributed by atoms with van der Waals surface area (Å²) in [5.74, 6) is -0.935. The van der Waals surface area contributed by atoms with Crippen LogP contribution in [-0.4, -0.2) is 142 Å². The van der Waals surface area contributed by atoms with E-state index in [0.717, 1.165) is 44.9 Å². The largest absolute Gasteiger partial charge is 0.462 e. The summed E-state index contributed by atoms with van der Waals surface area (Å²) in [5, 5.41) is 72.2. The maximum atomic E-state index is 13.1. The molecule has 2 aliphatic rings. The van der Waals surface area contributed by atoms with E-state index < -0.39 is 92.7 Å². The lowest BCUT2D eigenvalue weighted by atomic mass is 9.98. The molecule has 11 atom stereocenters. The minimum Gasteiger partial charge on any atom is -0.462 e. The van der Waals surface area contributed by atoms with E-state index in [2.05, 4.69) is 38.2 Å². The number of unbranched alkanes of at least 4 members (excludes halogenated alkanes) is 28. The molecule has 15 heteroatoms. The van der Waals surface area contributed by atoms with Crippen LogP contribution in [0.1, 0.15) is 232 Å². The Morgan fingerprint density at radius 1 is 0.431 bits per heavy atom. The molecule has 2 rings (SSSR count). The molecule has 7 N–H and O–H groups in total. The van der Waals surface area contributed by atoms with Gasteiger partial charge in [-0.25, -0.2) is 0 Å². The van der Waals surface area contributed by atoms with E-state index in [1.165, 1.54) is 148 Å². The molecular formula is C57H104O15. The van der Waals surface area contributed by atoms with E-state index in [-0.39, 0.29) is 26.1 Å². The number of aliphatic hydroxyl groups excluding tert-OH is 7. The molecule has 0 amide bonds. The molecule has 4 unspecified atom stereocenters. The fourth-order valence-electron chi connectivity index (χ4n) is 9.15. The van der Waals surface area contributed by atoms with Crippen LogP contribution < -0.4 is 0 Å². The van der Waals surface area contributed by atoms with Gasteiger partial charge in [0.25, 0.3) is 0 Å². The van der Waals surface area contributed by atoms with Gasteiger partial charge in [-0.05, 0) is 64.2 Å². The van der Waals surface area contributed by atoms with Crippen molar-refractivity contribution < 1.29 is 73.8 Å². The zero-order valence-corrected chi connectivity index (χ0v) is 44.9. The Bertz CT molecular complexity index is 1350. The van der Waals surface area contributed by atoms with Gasteiger partial charge in [-0.15, -0.1) is 0 Å². The second-order valence-electron chi connectivity index (χ2n) is 20.5. The second-order valence-corrected chi connectivity index (χ2v) is 20.5. The first-order valence-corrected chi connectivity index (χ1v) is 28.9. The molecule has 0 aromatic carbocycles. The van der Waals surface area contributed by atoms with Gasteiger partial charge in [-0.2, -0.15) is 0 Å². The van der Waals surface area contributed by atoms with E-state index in [1.54, 1.807) is 0 Å². The van der Waals surface area contributed by atoms with Crippen LogP contribution in [-0.2, 0) is 38.0 Å². The molecule has 0 aromatic rings. The Labute approximate surface area is 434 Å². The lowest BCUT2D eigenvalue weighted by molar-refractivity contribution is -0.332. The first kappa shape index (κ1) is 66.1. The van der Waals surface area contributed by atoms with Crippen LogP contribution in [0.3, 0.4) is 0 Å². The molecule has 0 radical (unpaired) electrons. The Hall–Kier alpha value is -2.02. The van der Waals surface area contributed by atoms with Crippen molar-refractivity contribution in [2.45, 2.75) is 300 Å². The number of esters is 2. The Morgan fingerprint density at radius 2 is 0.792 bits per heavy atom. The number of rotatable bonds is 46. The third-order valence-corrected chi connectivity index (χ3v) is 13.9. The molecular weight excluding hydrogens is 925 g/mol. The van der Waals surface area contributed by atoms with Gasteiger partial charge in [0, 0.05) is 12.8 Å². The molecule has 0 aliphatic carbocycles. The van der Waals surface area contributed by atoms with Crippen molar-refractivity contribution in [3.8, 4) is 0 Å². The SMILES string of the molecule is CCCCCCCC/C=C/CCCCCCCCCCCCCC(=O)O[C@H](COC(=O)CCCCC/C=C/CCCCCCCCCC)CO[C@H]1O[C@@H](CO[C@H]2O[C@@H](CO)[C@@H](O)C(O)C2O)[C@@H](O)C(O)C1O. The molecule has 72 heavy (non-hydrogen) atoms. The smallest absolute Gasteiger partial charge is 0.306 e. The molecule has 2 fully saturated rings. The van der Waals surface area contributed by atoms with E-state index >= 15 is 0 Å². The molecule has 0 spiro atoms. The summed E-state index contributed by atoms with van der Waals surface area (Å²) in [5.41, 5.74) is 0. The minimum atomic E-state index is -1.77. The highest BCUT2D eigenvalue weighted by Crippen LogP contribution is 2.27. The topological polar surface area (TPSA) is 231 Å². The number of aliphatic hydroxyl groups is 7. The maximum absolute atomic E-state index is 13.1. The van der Waals surface area contributed by atoms with E-state index in [4.69, 9.17) is 28.4 Å². The van der Waals surface area contributed by atoms with Gasteiger partial charge in [-0.3, -0.25) is 9.59 Å². The van der Waals surface area contributed by atoms with E-state index in [0.29, 0.717) is 12.8 Å². The lowest BCUT2D eigenvalue weighted by Crippen LogP contribution is -2.61. The number of hydrogen-bond donors (Lipinski definition) is 7. The number of allylic oxidation sites excluding steroid dienone is 4. The summed E-state index contributed by atoms with van der Waals surface area (Å²) >= 11 is 0. The van der Waals surface area contributed by atoms with Crippen molar-refractivity contribution in [1.29, 1.82) is 0 Å². The van der Waals surface area contributed by atoms with Gasteiger partial charge in [0.2, 0.25) is 0 Å². The van der Waals surface area contributed by atoms with Gasteiger partial charge in [0.05, 0.1) is 19.8 Å². The third-order valence-electron chi connectivity index (χ3n) is 13.9. The van der Waals surface area contributed by atoms with Crippen molar-refractivity contribution in [3.63, 3.8) is 0 Å². The van der Waals surface area contributed by atoms with Crippen LogP contribution in [0, 0.1) is 0 Å². The van der Waals surface area contributed by atoms with Crippen LogP contribution in [0.15, 0.2) is 24.3 Å². The van der Waals surface area contributed by atoms with Crippen LogP contribution in [0.5, 0.6) is 0 Å². The first-order chi connectivity index (χ1) is 35.0. The van der Waals surface area contributed by atoms with Crippen molar-refractivity contribution >= 4 is 11.9 Å². The lowest BCUT2D eigenvalue weighted by Gasteiger charge is -2.42. The first-order valence-electron chi connectivity index (χ1n) is 28.9. The van der Waals surface area contributed by atoms with Gasteiger partial charge in [0.15, 0.2) is 18.7 Å². The highest BCUT2D eigenvalue weighted by Gasteiger charge is 2.47. The van der Waals surface area contributed by atoms with Crippen molar-refractivity contribution in [2.75, 3.05) is 26.4 Å². The molecule has 0 aromatic heterocycles. The fourth-order valence-corrected chi connectivity index (χ4v) is 9.15. The zero-order valence-electron chi connectivity index (χ0n) is 44.9. The Morgan fingerprint density at radius 3 is 1.24 bits per heavy atom. The van der Waals surface area contributed by atoms with Crippen molar-refractivity contribution in [1.82, 2.24) is 0 Å². The molecule has 0 bridgehead atoms. The maximum Gasteiger partial charge on any atom is 0.306 e. The fraction of sp³-hybridized carbons (Fsp3) is 0.895. The molecule has 2 aliphatic heterocycles. The van der Waals surface area contributed by atoms with Crippen LogP contribution in [0.4, 0.5) is 0 Å². The Kier molecular flexibility index (Phi) is 40.5. The zero-order chi connectivity index (χ0) is 52.4. The number of hydrogen-bond acceptors (Lipinski definition) is 15. The van der Waals surface area contributed by atoms with Crippen LogP contribution >= 0.6 is 0 Å². The number of carbonyl (C=O) groups is 2. The van der Waals surface area contributed by atoms with Gasteiger partial charge in [0.1, 0.15) is 55.4 Å². The van der Waals surface area contributed by atoms with Crippen LogP contribution in [0.2, 0.25) is 0 Å². The standard InChI is InChI=1S/C57H104O15/c1-3-5-7-9-11-13-15-17-19-20-21-22-23-24-26-28-30-32-34-36-38-40-49(60)70-45(42-67-48(59)39-37-35-33-31-29-27-25-18-16-14-12-10-8-6-4-2)43-68-56-55(66)53(64)51(62)47(72-56)44-69-57-54(65)52(63)50(61)46(41-58)71-57/h17,19,27,29,45-47,50-58,61-66H,3-16,18,20-26,28,30-44H2,1-2H3/b19-17+,29-27+/t45-,46+,47+,50-,51-,52?,53?,54?,55?,56+,57+/m1/s1. The summed E-state index contributed by atoms with van der Waals surface area (Å²) in [6.07, 6.45) is 30.6. The number of ether oxygens (including phenoxy) is 6. The molecule has 2 heterocycles.